The number of piperidine rings is 1. The molecule has 0 spiro atoms. The predicted octanol–water partition coefficient (Wildman–Crippen LogP) is 5.10. The van der Waals surface area contributed by atoms with Crippen molar-refractivity contribution >= 4 is 38.8 Å². The minimum absolute atomic E-state index is 0.335. The van der Waals surface area contributed by atoms with E-state index in [1.807, 2.05) is 60.0 Å². The third-order valence-corrected chi connectivity index (χ3v) is 7.68. The van der Waals surface area contributed by atoms with Crippen LogP contribution in [0.15, 0.2) is 76.1 Å². The molecular weight excluding hydrogens is 428 g/mol. The summed E-state index contributed by atoms with van der Waals surface area (Å²) in [4.78, 5) is 4.86. The average Bonchev–Trinajstić information content (AvgIpc) is 3.29. The lowest BCUT2D eigenvalue weighted by Gasteiger charge is -2.25. The molecule has 8 heteroatoms. The van der Waals surface area contributed by atoms with Crippen molar-refractivity contribution in [1.82, 2.24) is 9.29 Å². The zero-order valence-corrected chi connectivity index (χ0v) is 18.6. The third kappa shape index (κ3) is 5.46. The highest BCUT2D eigenvalue weighted by molar-refractivity contribution is 7.89. The summed E-state index contributed by atoms with van der Waals surface area (Å²) in [5.74, 6) is 0. The van der Waals surface area contributed by atoms with Gasteiger partial charge in [-0.05, 0) is 36.6 Å². The van der Waals surface area contributed by atoms with E-state index in [1.165, 1.54) is 11.3 Å². The van der Waals surface area contributed by atoms with Crippen LogP contribution in [0.5, 0.6) is 0 Å². The quantitative estimate of drug-likeness (QED) is 0.400. The molecular formula is C23H24N4O2S2. The van der Waals surface area contributed by atoms with Crippen LogP contribution in [0.3, 0.4) is 0 Å². The molecule has 1 aliphatic rings. The van der Waals surface area contributed by atoms with Gasteiger partial charge in [-0.1, -0.05) is 55.0 Å². The van der Waals surface area contributed by atoms with Crippen LogP contribution in [0.25, 0.3) is 17.3 Å². The summed E-state index contributed by atoms with van der Waals surface area (Å²) in [5, 5.41) is 6.76. The lowest BCUT2D eigenvalue weighted by Crippen LogP contribution is -2.35. The molecule has 0 bridgehead atoms. The monoisotopic (exact) mass is 452 g/mol. The Kier molecular flexibility index (Phi) is 6.91. The van der Waals surface area contributed by atoms with Crippen LogP contribution in [-0.4, -0.2) is 37.0 Å². The van der Waals surface area contributed by atoms with Crippen molar-refractivity contribution in [3.05, 3.63) is 71.6 Å². The van der Waals surface area contributed by atoms with Gasteiger partial charge in [0.2, 0.25) is 15.2 Å². The number of benzene rings is 2. The van der Waals surface area contributed by atoms with Crippen molar-refractivity contribution in [2.45, 2.75) is 24.2 Å². The number of nitrogens with zero attached hydrogens (tertiary/aromatic N) is 3. The van der Waals surface area contributed by atoms with Crippen molar-refractivity contribution in [2.75, 3.05) is 18.5 Å². The molecule has 160 valence electrons. The minimum atomic E-state index is -3.42. The summed E-state index contributed by atoms with van der Waals surface area (Å²) in [6.07, 6.45) is 8.45. The number of thiazole rings is 1. The van der Waals surface area contributed by atoms with Gasteiger partial charge in [0.1, 0.15) is 0 Å². The fourth-order valence-corrected chi connectivity index (χ4v) is 5.55. The second-order valence-electron chi connectivity index (χ2n) is 7.19. The van der Waals surface area contributed by atoms with Crippen LogP contribution in [0, 0.1) is 0 Å². The Morgan fingerprint density at radius 3 is 2.48 bits per heavy atom. The van der Waals surface area contributed by atoms with Crippen LogP contribution in [0.2, 0.25) is 0 Å². The Hall–Kier alpha value is -2.81. The van der Waals surface area contributed by atoms with Crippen LogP contribution in [0.1, 0.15) is 24.8 Å². The summed E-state index contributed by atoms with van der Waals surface area (Å²) in [5.41, 5.74) is 5.68. The van der Waals surface area contributed by atoms with Crippen LogP contribution >= 0.6 is 11.3 Å². The first-order valence-electron chi connectivity index (χ1n) is 10.2. The molecule has 31 heavy (non-hydrogen) atoms. The Balaban J connectivity index is 1.37. The van der Waals surface area contributed by atoms with Gasteiger partial charge in [-0.25, -0.2) is 13.4 Å². The zero-order valence-electron chi connectivity index (χ0n) is 17.0. The van der Waals surface area contributed by atoms with E-state index in [0.717, 1.165) is 36.1 Å². The van der Waals surface area contributed by atoms with Crippen molar-refractivity contribution in [2.24, 2.45) is 5.10 Å². The largest absolute Gasteiger partial charge is 0.253 e. The smallest absolute Gasteiger partial charge is 0.243 e. The van der Waals surface area contributed by atoms with E-state index in [9.17, 15) is 8.42 Å². The minimum Gasteiger partial charge on any atom is -0.253 e. The van der Waals surface area contributed by atoms with Crippen LogP contribution < -0.4 is 5.43 Å². The number of hydrazone groups is 1. The molecule has 1 aliphatic heterocycles. The van der Waals surface area contributed by atoms with Crippen molar-refractivity contribution in [3.63, 3.8) is 0 Å². The lowest BCUT2D eigenvalue weighted by molar-refractivity contribution is 0.346. The predicted molar refractivity (Wildman–Crippen MR) is 128 cm³/mol. The topological polar surface area (TPSA) is 74.7 Å². The maximum atomic E-state index is 12.8. The van der Waals surface area contributed by atoms with Crippen molar-refractivity contribution < 1.29 is 8.42 Å². The van der Waals surface area contributed by atoms with Gasteiger partial charge in [0, 0.05) is 30.2 Å². The number of aromatic nitrogens is 1. The number of hydrogen-bond acceptors (Lipinski definition) is 6. The van der Waals surface area contributed by atoms with Crippen molar-refractivity contribution in [3.8, 4) is 11.3 Å². The number of nitrogens with one attached hydrogen (secondary N) is 1. The normalized spacial score (nSPS) is 15.6. The number of rotatable bonds is 7. The summed E-state index contributed by atoms with van der Waals surface area (Å²) >= 11 is 1.44. The van der Waals surface area contributed by atoms with E-state index in [1.54, 1.807) is 22.7 Å². The van der Waals surface area contributed by atoms with Gasteiger partial charge in [0.05, 0.1) is 10.6 Å². The highest BCUT2D eigenvalue weighted by atomic mass is 32.2. The van der Waals surface area contributed by atoms with Gasteiger partial charge in [0.25, 0.3) is 0 Å². The first kappa shape index (κ1) is 21.4. The molecule has 3 aromatic rings. The van der Waals surface area contributed by atoms with Gasteiger partial charge in [-0.15, -0.1) is 11.3 Å². The molecule has 0 radical (unpaired) electrons. The zero-order chi connectivity index (χ0) is 21.5. The summed E-state index contributed by atoms with van der Waals surface area (Å²) in [6.45, 7) is 1.21. The van der Waals surface area contributed by atoms with E-state index in [0.29, 0.717) is 23.1 Å². The van der Waals surface area contributed by atoms with E-state index in [-0.39, 0.29) is 0 Å². The maximum absolute atomic E-state index is 12.8. The fraction of sp³-hybridized carbons (Fsp3) is 0.217. The fourth-order valence-electron chi connectivity index (χ4n) is 3.36. The number of anilines is 1. The molecule has 0 unspecified atom stereocenters. The summed E-state index contributed by atoms with van der Waals surface area (Å²) in [7, 11) is -3.42. The number of allylic oxidation sites excluding steroid dienone is 1. The van der Waals surface area contributed by atoms with Gasteiger partial charge in [-0.2, -0.15) is 9.41 Å². The SMILES string of the molecule is O=S(=O)(c1ccc(-c2csc(N/N=C/C=C/c3ccccc3)n2)cc1)N1CCCCC1. The highest BCUT2D eigenvalue weighted by Crippen LogP contribution is 2.27. The first-order chi connectivity index (χ1) is 15.1. The molecule has 0 atom stereocenters. The Morgan fingerprint density at radius 1 is 1.00 bits per heavy atom. The Bertz CT molecular complexity index is 1150. The molecule has 0 amide bonds. The average molecular weight is 453 g/mol. The van der Waals surface area contributed by atoms with E-state index >= 15 is 0 Å². The number of sulfonamides is 1. The van der Waals surface area contributed by atoms with Crippen LogP contribution in [0.4, 0.5) is 5.13 Å². The molecule has 2 heterocycles. The molecule has 6 nitrogen and oxygen atoms in total. The van der Waals surface area contributed by atoms with Crippen molar-refractivity contribution in [1.29, 1.82) is 0 Å². The van der Waals surface area contributed by atoms with E-state index in [2.05, 4.69) is 15.5 Å². The van der Waals surface area contributed by atoms with Crippen LogP contribution in [-0.2, 0) is 10.0 Å². The Morgan fingerprint density at radius 2 is 1.74 bits per heavy atom. The van der Waals surface area contributed by atoms with Gasteiger partial charge < -0.3 is 0 Å². The van der Waals surface area contributed by atoms with Gasteiger partial charge >= 0.3 is 0 Å². The summed E-state index contributed by atoms with van der Waals surface area (Å²) in [6, 6.07) is 16.9. The molecule has 1 fully saturated rings. The summed E-state index contributed by atoms with van der Waals surface area (Å²) < 4.78 is 27.1. The second kappa shape index (κ2) is 10.00. The molecule has 2 aromatic carbocycles. The Labute approximate surface area is 187 Å². The second-order valence-corrected chi connectivity index (χ2v) is 9.98. The van der Waals surface area contributed by atoms with E-state index < -0.39 is 10.0 Å². The standard InChI is InChI=1S/C23H24N4O2S2/c28-31(29,27-16-5-2-6-17-27)21-13-11-20(12-14-21)22-18-30-23(25-22)26-24-15-7-10-19-8-3-1-4-9-19/h1,3-4,7-15,18H,2,5-6,16-17H2,(H,25,26)/b10-7+,24-15+. The lowest BCUT2D eigenvalue weighted by atomic mass is 10.2. The molecule has 4 rings (SSSR count). The highest BCUT2D eigenvalue weighted by Gasteiger charge is 2.25. The molecule has 1 saturated heterocycles. The molecule has 0 saturated carbocycles. The maximum Gasteiger partial charge on any atom is 0.243 e. The van der Waals surface area contributed by atoms with Gasteiger partial charge in [-0.3, -0.25) is 5.43 Å². The van der Waals surface area contributed by atoms with Gasteiger partial charge in [0.15, 0.2) is 0 Å². The third-order valence-electron chi connectivity index (χ3n) is 5.02. The molecule has 1 aromatic heterocycles. The number of hydrogen-bond donors (Lipinski definition) is 1. The van der Waals surface area contributed by atoms with E-state index in [4.69, 9.17) is 0 Å². The molecule has 1 N–H and O–H groups in total. The molecule has 0 aliphatic carbocycles. The first-order valence-corrected chi connectivity index (χ1v) is 12.5.